The average Bonchev–Trinajstić information content (AvgIpc) is 3.13. The van der Waals surface area contributed by atoms with E-state index in [1.807, 2.05) is 18.3 Å². The van der Waals surface area contributed by atoms with Gasteiger partial charge >= 0.3 is 0 Å². The molecule has 104 valence electrons. The smallest absolute Gasteiger partial charge is 0.134 e. The van der Waals surface area contributed by atoms with Crippen molar-refractivity contribution in [1.82, 2.24) is 25.4 Å². The van der Waals surface area contributed by atoms with Crippen molar-refractivity contribution < 1.29 is 0 Å². The lowest BCUT2D eigenvalue weighted by Crippen LogP contribution is -2.01. The molecule has 6 heteroatoms. The van der Waals surface area contributed by atoms with Crippen molar-refractivity contribution in [2.45, 2.75) is 32.7 Å². The maximum atomic E-state index is 4.46. The normalized spacial score (nSPS) is 12.7. The van der Waals surface area contributed by atoms with Crippen molar-refractivity contribution in [3.63, 3.8) is 0 Å². The zero-order chi connectivity index (χ0) is 13.9. The van der Waals surface area contributed by atoms with E-state index in [0.29, 0.717) is 12.5 Å². The van der Waals surface area contributed by atoms with Crippen LogP contribution in [-0.2, 0) is 6.54 Å². The first-order valence-electron chi connectivity index (χ1n) is 6.84. The van der Waals surface area contributed by atoms with Gasteiger partial charge in [0, 0.05) is 12.4 Å². The molecule has 1 atom stereocenters. The van der Waals surface area contributed by atoms with Crippen LogP contribution in [-0.4, -0.2) is 25.4 Å². The molecule has 0 bridgehead atoms. The third-order valence-electron chi connectivity index (χ3n) is 3.60. The molecule has 0 saturated heterocycles. The SMILES string of the molecule is CCC(C)c1[nH]nc2c(NCc3ccn[nH]3)ccnc12. The van der Waals surface area contributed by atoms with Crippen molar-refractivity contribution in [1.29, 1.82) is 0 Å². The predicted molar refractivity (Wildman–Crippen MR) is 78.5 cm³/mol. The highest BCUT2D eigenvalue weighted by molar-refractivity contribution is 5.89. The molecule has 20 heavy (non-hydrogen) atoms. The Balaban J connectivity index is 1.90. The number of nitrogens with one attached hydrogen (secondary N) is 3. The van der Waals surface area contributed by atoms with Crippen LogP contribution in [0.15, 0.2) is 24.5 Å². The molecular weight excluding hydrogens is 252 g/mol. The lowest BCUT2D eigenvalue weighted by atomic mass is 10.0. The van der Waals surface area contributed by atoms with Crippen LogP contribution in [0.25, 0.3) is 11.0 Å². The van der Waals surface area contributed by atoms with Crippen LogP contribution in [0.3, 0.4) is 0 Å². The summed E-state index contributed by atoms with van der Waals surface area (Å²) in [6, 6.07) is 3.89. The van der Waals surface area contributed by atoms with Gasteiger partial charge in [0.1, 0.15) is 11.0 Å². The Labute approximate surface area is 117 Å². The molecule has 3 aromatic rings. The number of nitrogens with zero attached hydrogens (tertiary/aromatic N) is 3. The second-order valence-electron chi connectivity index (χ2n) is 4.94. The van der Waals surface area contributed by atoms with Crippen LogP contribution in [0.1, 0.15) is 37.6 Å². The molecule has 0 fully saturated rings. The molecule has 0 aliphatic carbocycles. The summed E-state index contributed by atoms with van der Waals surface area (Å²) in [6.07, 6.45) is 4.62. The summed E-state index contributed by atoms with van der Waals surface area (Å²) in [4.78, 5) is 4.46. The van der Waals surface area contributed by atoms with Gasteiger partial charge in [-0.1, -0.05) is 13.8 Å². The van der Waals surface area contributed by atoms with E-state index >= 15 is 0 Å². The van der Waals surface area contributed by atoms with Crippen molar-refractivity contribution in [2.75, 3.05) is 5.32 Å². The largest absolute Gasteiger partial charge is 0.378 e. The molecule has 3 rings (SSSR count). The Morgan fingerprint density at radius 1 is 1.20 bits per heavy atom. The van der Waals surface area contributed by atoms with Crippen LogP contribution in [0.2, 0.25) is 0 Å². The molecule has 0 aliphatic heterocycles. The summed E-state index contributed by atoms with van der Waals surface area (Å²) in [5.41, 5.74) is 4.96. The minimum absolute atomic E-state index is 0.426. The fourth-order valence-corrected chi connectivity index (χ4v) is 2.20. The summed E-state index contributed by atoms with van der Waals surface area (Å²) in [6.45, 7) is 5.03. The summed E-state index contributed by atoms with van der Waals surface area (Å²) in [5.74, 6) is 0.426. The van der Waals surface area contributed by atoms with E-state index in [0.717, 1.165) is 34.5 Å². The first kappa shape index (κ1) is 12.7. The molecule has 0 amide bonds. The molecule has 3 aromatic heterocycles. The molecule has 0 radical (unpaired) electrons. The van der Waals surface area contributed by atoms with Gasteiger partial charge in [0.15, 0.2) is 0 Å². The van der Waals surface area contributed by atoms with Gasteiger partial charge < -0.3 is 5.32 Å². The van der Waals surface area contributed by atoms with Gasteiger partial charge in [0.05, 0.1) is 23.6 Å². The van der Waals surface area contributed by atoms with Gasteiger partial charge in [0.2, 0.25) is 0 Å². The molecule has 0 spiro atoms. The maximum Gasteiger partial charge on any atom is 0.134 e. The zero-order valence-electron chi connectivity index (χ0n) is 11.6. The van der Waals surface area contributed by atoms with Crippen LogP contribution >= 0.6 is 0 Å². The summed E-state index contributed by atoms with van der Waals surface area (Å²) in [5, 5.41) is 17.8. The number of H-pyrrole nitrogens is 2. The highest BCUT2D eigenvalue weighted by Crippen LogP contribution is 2.27. The van der Waals surface area contributed by atoms with Gasteiger partial charge in [-0.25, -0.2) is 0 Å². The Hall–Kier alpha value is -2.37. The van der Waals surface area contributed by atoms with Crippen LogP contribution in [0, 0.1) is 0 Å². The Kier molecular flexibility index (Phi) is 3.37. The first-order valence-corrected chi connectivity index (χ1v) is 6.84. The lowest BCUT2D eigenvalue weighted by molar-refractivity contribution is 0.707. The summed E-state index contributed by atoms with van der Waals surface area (Å²) < 4.78 is 0. The van der Waals surface area contributed by atoms with E-state index in [2.05, 4.69) is 44.5 Å². The van der Waals surface area contributed by atoms with E-state index in [4.69, 9.17) is 0 Å². The fourth-order valence-electron chi connectivity index (χ4n) is 2.20. The van der Waals surface area contributed by atoms with E-state index < -0.39 is 0 Å². The van der Waals surface area contributed by atoms with Gasteiger partial charge in [-0.15, -0.1) is 0 Å². The molecule has 3 heterocycles. The molecule has 3 N–H and O–H groups in total. The zero-order valence-corrected chi connectivity index (χ0v) is 11.6. The quantitative estimate of drug-likeness (QED) is 0.665. The Morgan fingerprint density at radius 2 is 2.10 bits per heavy atom. The maximum absolute atomic E-state index is 4.46. The third kappa shape index (κ3) is 2.24. The summed E-state index contributed by atoms with van der Waals surface area (Å²) in [7, 11) is 0. The van der Waals surface area contributed by atoms with Gasteiger partial charge in [-0.3, -0.25) is 15.2 Å². The Morgan fingerprint density at radius 3 is 2.85 bits per heavy atom. The molecule has 0 aliphatic rings. The average molecular weight is 270 g/mol. The summed E-state index contributed by atoms with van der Waals surface area (Å²) >= 11 is 0. The lowest BCUT2D eigenvalue weighted by Gasteiger charge is -2.07. The number of fused-ring (bicyclic) bond motifs is 1. The fraction of sp³-hybridized carbons (Fsp3) is 0.357. The topological polar surface area (TPSA) is 82.3 Å². The predicted octanol–water partition coefficient (Wildman–Crippen LogP) is 2.81. The van der Waals surface area contributed by atoms with Crippen LogP contribution < -0.4 is 5.32 Å². The first-order chi connectivity index (χ1) is 9.79. The number of aromatic amines is 2. The number of hydrogen-bond donors (Lipinski definition) is 3. The number of rotatable bonds is 5. The number of pyridine rings is 1. The van der Waals surface area contributed by atoms with Crippen molar-refractivity contribution in [3.05, 3.63) is 35.9 Å². The van der Waals surface area contributed by atoms with Crippen molar-refractivity contribution >= 4 is 16.7 Å². The molecule has 0 aromatic carbocycles. The Bertz CT molecular complexity index is 685. The van der Waals surface area contributed by atoms with E-state index in [-0.39, 0.29) is 0 Å². The highest BCUT2D eigenvalue weighted by atomic mass is 15.1. The standard InChI is InChI=1S/C14H18N6/c1-3-9(2)12-14-13(20-19-12)11(5-6-15-14)16-8-10-4-7-17-18-10/h4-7,9H,3,8H2,1-2H3,(H,15,16)(H,17,18)(H,19,20). The van der Waals surface area contributed by atoms with E-state index in [1.165, 1.54) is 0 Å². The number of hydrogen-bond acceptors (Lipinski definition) is 4. The second-order valence-corrected chi connectivity index (χ2v) is 4.94. The second kappa shape index (κ2) is 5.32. The molecular formula is C14H18N6. The molecule has 6 nitrogen and oxygen atoms in total. The molecule has 1 unspecified atom stereocenters. The van der Waals surface area contributed by atoms with Crippen LogP contribution in [0.4, 0.5) is 5.69 Å². The number of anilines is 1. The van der Waals surface area contributed by atoms with Gasteiger partial charge in [0.25, 0.3) is 0 Å². The third-order valence-corrected chi connectivity index (χ3v) is 3.60. The van der Waals surface area contributed by atoms with Gasteiger partial charge in [-0.05, 0) is 24.5 Å². The number of aromatic nitrogens is 5. The minimum Gasteiger partial charge on any atom is -0.378 e. The minimum atomic E-state index is 0.426. The van der Waals surface area contributed by atoms with Crippen LogP contribution in [0.5, 0.6) is 0 Å². The van der Waals surface area contributed by atoms with Crippen molar-refractivity contribution in [3.8, 4) is 0 Å². The van der Waals surface area contributed by atoms with Gasteiger partial charge in [-0.2, -0.15) is 10.2 Å². The highest BCUT2D eigenvalue weighted by Gasteiger charge is 2.14. The monoisotopic (exact) mass is 270 g/mol. The van der Waals surface area contributed by atoms with E-state index in [9.17, 15) is 0 Å². The van der Waals surface area contributed by atoms with Crippen molar-refractivity contribution in [2.24, 2.45) is 0 Å². The molecule has 0 saturated carbocycles. The van der Waals surface area contributed by atoms with E-state index in [1.54, 1.807) is 6.20 Å².